The first-order chi connectivity index (χ1) is 9.51. The number of nitrogens with one attached hydrogen (secondary N) is 1. The molecule has 5 nitrogen and oxygen atoms in total. The highest BCUT2D eigenvalue weighted by atomic mass is 32.2. The molecule has 0 radical (unpaired) electrons. The fraction of sp³-hybridized carbons (Fsp3) is 0.250. The van der Waals surface area contributed by atoms with Gasteiger partial charge in [0, 0.05) is 11.4 Å². The molecule has 0 aliphatic rings. The van der Waals surface area contributed by atoms with Crippen molar-refractivity contribution in [3.8, 4) is 11.8 Å². The van der Waals surface area contributed by atoms with E-state index in [0.29, 0.717) is 6.54 Å². The number of hydrogen-bond donors (Lipinski definition) is 2. The standard InChI is InChI=1S/C12H13N3O2S3/c1-9-14-8-12(18-9)20(16,17)15-7-11-5-4-10(19-11)3-2-6-13/h4-5,8,15H,6-7,13H2,1H3. The van der Waals surface area contributed by atoms with Crippen LogP contribution in [0.1, 0.15) is 14.8 Å². The Morgan fingerprint density at radius 2 is 2.20 bits per heavy atom. The number of nitrogens with zero attached hydrogens (tertiary/aromatic N) is 1. The van der Waals surface area contributed by atoms with Crippen molar-refractivity contribution in [1.29, 1.82) is 0 Å². The highest BCUT2D eigenvalue weighted by Gasteiger charge is 2.16. The first-order valence-electron chi connectivity index (χ1n) is 5.71. The second-order valence-electron chi connectivity index (χ2n) is 3.79. The number of aromatic nitrogens is 1. The number of aryl methyl sites for hydroxylation is 1. The first-order valence-corrected chi connectivity index (χ1v) is 8.82. The lowest BCUT2D eigenvalue weighted by molar-refractivity contribution is 0.584. The maximum atomic E-state index is 12.0. The summed E-state index contributed by atoms with van der Waals surface area (Å²) in [6.07, 6.45) is 1.37. The minimum atomic E-state index is -3.49. The first kappa shape index (κ1) is 15.2. The summed E-state index contributed by atoms with van der Waals surface area (Å²) in [5.74, 6) is 5.68. The average Bonchev–Trinajstić information content (AvgIpc) is 3.03. The van der Waals surface area contributed by atoms with Crippen LogP contribution in [0.4, 0.5) is 0 Å². The van der Waals surface area contributed by atoms with Gasteiger partial charge in [-0.05, 0) is 19.1 Å². The van der Waals surface area contributed by atoms with Gasteiger partial charge in [-0.1, -0.05) is 11.8 Å². The summed E-state index contributed by atoms with van der Waals surface area (Å²) in [6.45, 7) is 2.32. The fourth-order valence-corrected chi connectivity index (χ4v) is 4.45. The van der Waals surface area contributed by atoms with Crippen LogP contribution in [-0.4, -0.2) is 19.9 Å². The molecule has 0 saturated heterocycles. The number of sulfonamides is 1. The van der Waals surface area contributed by atoms with Crippen LogP contribution >= 0.6 is 22.7 Å². The summed E-state index contributed by atoms with van der Waals surface area (Å²) in [5, 5.41) is 0.723. The van der Waals surface area contributed by atoms with Gasteiger partial charge in [0.25, 0.3) is 10.0 Å². The predicted octanol–water partition coefficient (Wildman–Crippen LogP) is 1.30. The molecule has 106 valence electrons. The Hall–Kier alpha value is -1.24. The Balaban J connectivity index is 2.03. The molecule has 0 bridgehead atoms. The van der Waals surface area contributed by atoms with Gasteiger partial charge in [-0.25, -0.2) is 18.1 Å². The highest BCUT2D eigenvalue weighted by molar-refractivity contribution is 7.91. The maximum Gasteiger partial charge on any atom is 0.252 e. The average molecular weight is 327 g/mol. The number of thiazole rings is 1. The van der Waals surface area contributed by atoms with E-state index in [-0.39, 0.29) is 10.8 Å². The zero-order chi connectivity index (χ0) is 14.6. The third-order valence-corrected chi connectivity index (χ3v) is 6.05. The van der Waals surface area contributed by atoms with Crippen LogP contribution in [0.25, 0.3) is 0 Å². The summed E-state index contributed by atoms with van der Waals surface area (Å²) >= 11 is 2.60. The van der Waals surface area contributed by atoms with Crippen molar-refractivity contribution in [1.82, 2.24) is 9.71 Å². The van der Waals surface area contributed by atoms with E-state index in [4.69, 9.17) is 5.73 Å². The molecule has 0 fully saturated rings. The van der Waals surface area contributed by atoms with E-state index in [9.17, 15) is 8.42 Å². The van der Waals surface area contributed by atoms with Crippen molar-refractivity contribution < 1.29 is 8.42 Å². The number of rotatable bonds is 4. The van der Waals surface area contributed by atoms with Crippen molar-refractivity contribution in [2.24, 2.45) is 5.73 Å². The maximum absolute atomic E-state index is 12.0. The van der Waals surface area contributed by atoms with Gasteiger partial charge in [0.15, 0.2) is 4.21 Å². The molecule has 0 aliphatic heterocycles. The summed E-state index contributed by atoms with van der Waals surface area (Å²) in [7, 11) is -3.49. The Morgan fingerprint density at radius 1 is 1.40 bits per heavy atom. The summed E-state index contributed by atoms with van der Waals surface area (Å²) < 4.78 is 26.8. The molecule has 8 heteroatoms. The van der Waals surface area contributed by atoms with Crippen molar-refractivity contribution in [2.45, 2.75) is 17.7 Å². The quantitative estimate of drug-likeness (QED) is 0.829. The monoisotopic (exact) mass is 327 g/mol. The summed E-state index contributed by atoms with van der Waals surface area (Å²) in [6, 6.07) is 3.71. The molecule has 2 heterocycles. The van der Waals surface area contributed by atoms with Crippen molar-refractivity contribution >= 4 is 32.7 Å². The lowest BCUT2D eigenvalue weighted by Crippen LogP contribution is -2.21. The second kappa shape index (κ2) is 6.47. The normalized spacial score (nSPS) is 11.1. The third kappa shape index (κ3) is 3.88. The van der Waals surface area contributed by atoms with Crippen LogP contribution in [0, 0.1) is 18.8 Å². The largest absolute Gasteiger partial charge is 0.320 e. The van der Waals surface area contributed by atoms with Crippen LogP contribution < -0.4 is 10.5 Å². The van der Waals surface area contributed by atoms with Crippen molar-refractivity contribution in [3.05, 3.63) is 33.1 Å². The third-order valence-electron chi connectivity index (χ3n) is 2.28. The van der Waals surface area contributed by atoms with E-state index < -0.39 is 10.0 Å². The Morgan fingerprint density at radius 3 is 2.85 bits per heavy atom. The Kier molecular flexibility index (Phi) is 4.91. The van der Waals surface area contributed by atoms with Crippen LogP contribution in [-0.2, 0) is 16.6 Å². The van der Waals surface area contributed by atoms with Crippen LogP contribution in [0.5, 0.6) is 0 Å². The van der Waals surface area contributed by atoms with E-state index in [2.05, 4.69) is 21.5 Å². The fourth-order valence-electron chi connectivity index (χ4n) is 1.38. The van der Waals surface area contributed by atoms with Crippen molar-refractivity contribution in [3.63, 3.8) is 0 Å². The molecule has 0 amide bonds. The van der Waals surface area contributed by atoms with Crippen LogP contribution in [0.15, 0.2) is 22.5 Å². The Labute approximate surface area is 125 Å². The second-order valence-corrected chi connectivity index (χ2v) is 8.19. The minimum Gasteiger partial charge on any atom is -0.320 e. The molecular weight excluding hydrogens is 314 g/mol. The molecule has 2 rings (SSSR count). The van der Waals surface area contributed by atoms with E-state index in [0.717, 1.165) is 26.1 Å². The predicted molar refractivity (Wildman–Crippen MR) is 81.1 cm³/mol. The van der Waals surface area contributed by atoms with Gasteiger partial charge in [-0.2, -0.15) is 0 Å². The van der Waals surface area contributed by atoms with Crippen LogP contribution in [0.2, 0.25) is 0 Å². The summed E-state index contributed by atoms with van der Waals surface area (Å²) in [4.78, 5) is 5.72. The SMILES string of the molecule is Cc1ncc(S(=O)(=O)NCc2ccc(C#CCN)s2)s1. The van der Waals surface area contributed by atoms with Gasteiger partial charge in [0.05, 0.1) is 22.6 Å². The molecule has 20 heavy (non-hydrogen) atoms. The van der Waals surface area contributed by atoms with E-state index in [1.54, 1.807) is 6.92 Å². The van der Waals surface area contributed by atoms with Crippen LogP contribution in [0.3, 0.4) is 0 Å². The zero-order valence-electron chi connectivity index (χ0n) is 10.7. The smallest absolute Gasteiger partial charge is 0.252 e. The van der Waals surface area contributed by atoms with Crippen molar-refractivity contribution in [2.75, 3.05) is 6.54 Å². The molecule has 0 unspecified atom stereocenters. The molecule has 0 spiro atoms. The molecular formula is C12H13N3O2S3. The van der Waals surface area contributed by atoms with Gasteiger partial charge in [0.2, 0.25) is 0 Å². The molecule has 0 saturated carbocycles. The number of thiophene rings is 1. The van der Waals surface area contributed by atoms with E-state index >= 15 is 0 Å². The van der Waals surface area contributed by atoms with Gasteiger partial charge in [-0.3, -0.25) is 0 Å². The minimum absolute atomic E-state index is 0.231. The highest BCUT2D eigenvalue weighted by Crippen LogP contribution is 2.19. The number of nitrogens with two attached hydrogens (primary N) is 1. The number of hydrogen-bond acceptors (Lipinski definition) is 6. The topological polar surface area (TPSA) is 85.1 Å². The summed E-state index contributed by atoms with van der Waals surface area (Å²) in [5.41, 5.74) is 5.30. The van der Waals surface area contributed by atoms with Gasteiger partial charge < -0.3 is 5.73 Å². The molecule has 2 aromatic heterocycles. The van der Waals surface area contributed by atoms with Gasteiger partial charge in [0.1, 0.15) is 0 Å². The molecule has 0 atom stereocenters. The van der Waals surface area contributed by atoms with Gasteiger partial charge >= 0.3 is 0 Å². The molecule has 0 aliphatic carbocycles. The van der Waals surface area contributed by atoms with E-state index in [1.807, 2.05) is 12.1 Å². The Bertz CT molecular complexity index is 750. The lowest BCUT2D eigenvalue weighted by Gasteiger charge is -2.01. The molecule has 2 aromatic rings. The van der Waals surface area contributed by atoms with E-state index in [1.165, 1.54) is 17.5 Å². The molecule has 0 aromatic carbocycles. The molecule has 3 N–H and O–H groups in total. The lowest BCUT2D eigenvalue weighted by atomic mass is 10.4. The zero-order valence-corrected chi connectivity index (χ0v) is 13.2. The van der Waals surface area contributed by atoms with Gasteiger partial charge in [-0.15, -0.1) is 22.7 Å².